The lowest BCUT2D eigenvalue weighted by molar-refractivity contribution is 1.15. The third-order valence-corrected chi connectivity index (χ3v) is 6.32. The van der Waals surface area contributed by atoms with Crippen molar-refractivity contribution in [2.24, 2.45) is 0 Å². The number of fused-ring (bicyclic) bond motifs is 3. The van der Waals surface area contributed by atoms with Gasteiger partial charge in [0.05, 0.1) is 9.52 Å². The molecule has 80 valence electrons. The number of allylic oxidation sites excluding steroid dienone is 2. The molecule has 1 aliphatic carbocycles. The van der Waals surface area contributed by atoms with Crippen molar-refractivity contribution in [1.29, 1.82) is 0 Å². The van der Waals surface area contributed by atoms with Gasteiger partial charge in [-0.1, -0.05) is 30.3 Å². The van der Waals surface area contributed by atoms with E-state index in [1.807, 2.05) is 11.3 Å². The molecule has 0 fully saturated rings. The van der Waals surface area contributed by atoms with Crippen LogP contribution in [0.15, 0.2) is 29.8 Å². The summed E-state index contributed by atoms with van der Waals surface area (Å²) in [6, 6.07) is 8.81. The molecule has 0 amide bonds. The van der Waals surface area contributed by atoms with Crippen LogP contribution in [0.3, 0.4) is 0 Å². The van der Waals surface area contributed by atoms with Gasteiger partial charge < -0.3 is 0 Å². The van der Waals surface area contributed by atoms with Gasteiger partial charge in [-0.3, -0.25) is 0 Å². The number of rotatable bonds is 1. The summed E-state index contributed by atoms with van der Waals surface area (Å²) in [7, 11) is 0.982. The predicted molar refractivity (Wildman–Crippen MR) is 74.5 cm³/mol. The minimum Gasteiger partial charge on any atom is -0.139 e. The van der Waals surface area contributed by atoms with Gasteiger partial charge in [-0.2, -0.15) is 0 Å². The molecule has 0 saturated carbocycles. The van der Waals surface area contributed by atoms with Crippen molar-refractivity contribution in [1.82, 2.24) is 0 Å². The van der Waals surface area contributed by atoms with Crippen molar-refractivity contribution in [2.45, 2.75) is 25.9 Å². The van der Waals surface area contributed by atoms with Gasteiger partial charge in [-0.25, -0.2) is 0 Å². The minimum atomic E-state index is 0.701. The summed E-state index contributed by atoms with van der Waals surface area (Å²) >= 11 is 1.99. The highest BCUT2D eigenvalue weighted by Crippen LogP contribution is 2.48. The van der Waals surface area contributed by atoms with Crippen LogP contribution in [0.2, 0.25) is 6.55 Å². The molecule has 1 aromatic heterocycles. The van der Waals surface area contributed by atoms with Crippen molar-refractivity contribution in [3.63, 3.8) is 0 Å². The fourth-order valence-corrected chi connectivity index (χ4v) is 5.52. The fraction of sp³-hybridized carbons (Fsp3) is 0.286. The van der Waals surface area contributed by atoms with Crippen LogP contribution in [0.1, 0.15) is 29.8 Å². The van der Waals surface area contributed by atoms with Crippen molar-refractivity contribution in [3.8, 4) is 0 Å². The maximum atomic E-state index is 2.32. The Kier molecular flexibility index (Phi) is 2.30. The first-order valence-electron chi connectivity index (χ1n) is 5.60. The first kappa shape index (κ1) is 10.3. The van der Waals surface area contributed by atoms with Gasteiger partial charge in [0.2, 0.25) is 0 Å². The molecule has 1 heterocycles. The van der Waals surface area contributed by atoms with Gasteiger partial charge in [0, 0.05) is 20.5 Å². The van der Waals surface area contributed by atoms with Crippen LogP contribution in [-0.4, -0.2) is 9.52 Å². The summed E-state index contributed by atoms with van der Waals surface area (Å²) in [5.41, 5.74) is 5.35. The quantitative estimate of drug-likeness (QED) is 0.646. The molecule has 2 aromatic rings. The topological polar surface area (TPSA) is 0 Å². The number of benzene rings is 1. The molecular formula is C14H14SSi. The Balaban J connectivity index is 2.37. The summed E-state index contributed by atoms with van der Waals surface area (Å²) in [6.45, 7) is 6.91. The molecule has 2 radical (unpaired) electrons. The molecule has 0 bridgehead atoms. The average Bonchev–Trinajstić information content (AvgIpc) is 2.77. The van der Waals surface area contributed by atoms with E-state index in [1.54, 1.807) is 10.5 Å². The SMILES string of the molecule is C[Si]C1C(C)=C(C)c2c1sc1ccccc21. The number of thiophene rings is 1. The zero-order chi connectivity index (χ0) is 11.3. The molecule has 0 spiro atoms. The third kappa shape index (κ3) is 1.20. The Labute approximate surface area is 103 Å². The van der Waals surface area contributed by atoms with Crippen molar-refractivity contribution in [2.75, 3.05) is 0 Å². The van der Waals surface area contributed by atoms with E-state index < -0.39 is 0 Å². The second kappa shape index (κ2) is 3.57. The van der Waals surface area contributed by atoms with Gasteiger partial charge >= 0.3 is 0 Å². The summed E-state index contributed by atoms with van der Waals surface area (Å²) in [4.78, 5) is 1.61. The molecule has 0 N–H and O–H groups in total. The molecule has 0 aliphatic heterocycles. The highest BCUT2D eigenvalue weighted by atomic mass is 32.1. The van der Waals surface area contributed by atoms with E-state index in [4.69, 9.17) is 0 Å². The zero-order valence-corrected chi connectivity index (χ0v) is 11.6. The Bertz CT molecular complexity index is 592. The van der Waals surface area contributed by atoms with Gasteiger partial charge in [-0.05, 0) is 31.1 Å². The van der Waals surface area contributed by atoms with Crippen molar-refractivity contribution in [3.05, 3.63) is 40.3 Å². The normalized spacial score (nSPS) is 19.6. The van der Waals surface area contributed by atoms with E-state index in [0.29, 0.717) is 5.54 Å². The van der Waals surface area contributed by atoms with E-state index in [9.17, 15) is 0 Å². The monoisotopic (exact) mass is 242 g/mol. The lowest BCUT2D eigenvalue weighted by Crippen LogP contribution is -2.00. The number of hydrogen-bond acceptors (Lipinski definition) is 1. The molecule has 2 heteroatoms. The standard InChI is InChI=1S/C14H14SSi/c1-8-9(2)14(16-3)13-12(8)10-6-4-5-7-11(10)15-13/h4-7,14H,1-3H3. The molecule has 0 saturated heterocycles. The van der Waals surface area contributed by atoms with Crippen molar-refractivity contribution >= 4 is 36.5 Å². The van der Waals surface area contributed by atoms with E-state index >= 15 is 0 Å². The molecule has 0 nitrogen and oxygen atoms in total. The third-order valence-electron chi connectivity index (χ3n) is 3.57. The molecule has 1 aromatic carbocycles. The zero-order valence-electron chi connectivity index (χ0n) is 9.79. The Morgan fingerprint density at radius 2 is 1.94 bits per heavy atom. The minimum absolute atomic E-state index is 0.701. The van der Waals surface area contributed by atoms with Crippen LogP contribution < -0.4 is 0 Å². The summed E-state index contributed by atoms with van der Waals surface area (Å²) in [5, 5.41) is 1.46. The maximum Gasteiger partial charge on any atom is 0.0507 e. The molecule has 1 aliphatic rings. The summed E-state index contributed by atoms with van der Waals surface area (Å²) in [6.07, 6.45) is 0. The van der Waals surface area contributed by atoms with E-state index in [0.717, 1.165) is 9.52 Å². The molecule has 3 rings (SSSR count). The highest BCUT2D eigenvalue weighted by Gasteiger charge is 2.29. The molecule has 16 heavy (non-hydrogen) atoms. The Morgan fingerprint density at radius 3 is 2.69 bits per heavy atom. The second-order valence-corrected chi connectivity index (χ2v) is 6.61. The summed E-state index contributed by atoms with van der Waals surface area (Å²) in [5.74, 6) is 0. The smallest absolute Gasteiger partial charge is 0.0507 e. The van der Waals surface area contributed by atoms with Gasteiger partial charge in [0.25, 0.3) is 0 Å². The second-order valence-electron chi connectivity index (χ2n) is 4.37. The molecule has 1 unspecified atom stereocenters. The number of hydrogen-bond donors (Lipinski definition) is 0. The maximum absolute atomic E-state index is 2.32. The van der Waals surface area contributed by atoms with Crippen LogP contribution in [0.4, 0.5) is 0 Å². The van der Waals surface area contributed by atoms with Crippen LogP contribution in [0.25, 0.3) is 15.7 Å². The predicted octanol–water partition coefficient (Wildman–Crippen LogP) is 4.50. The Hall–Kier alpha value is -0.863. The van der Waals surface area contributed by atoms with E-state index in [-0.39, 0.29) is 0 Å². The first-order valence-corrected chi connectivity index (χ1v) is 8.00. The first-order chi connectivity index (χ1) is 7.74. The van der Waals surface area contributed by atoms with Gasteiger partial charge in [0.15, 0.2) is 0 Å². The van der Waals surface area contributed by atoms with Crippen LogP contribution in [0, 0.1) is 0 Å². The van der Waals surface area contributed by atoms with Crippen molar-refractivity contribution < 1.29 is 0 Å². The average molecular weight is 242 g/mol. The lowest BCUT2D eigenvalue weighted by atomic mass is 10.1. The highest BCUT2D eigenvalue weighted by molar-refractivity contribution is 7.19. The Morgan fingerprint density at radius 1 is 1.19 bits per heavy atom. The van der Waals surface area contributed by atoms with Gasteiger partial charge in [-0.15, -0.1) is 11.3 Å². The molecule has 1 atom stereocenters. The lowest BCUT2D eigenvalue weighted by Gasteiger charge is -2.07. The van der Waals surface area contributed by atoms with E-state index in [2.05, 4.69) is 44.7 Å². The van der Waals surface area contributed by atoms with Crippen LogP contribution in [0.5, 0.6) is 0 Å². The summed E-state index contributed by atoms with van der Waals surface area (Å²) < 4.78 is 1.45. The largest absolute Gasteiger partial charge is 0.139 e. The van der Waals surface area contributed by atoms with E-state index in [1.165, 1.54) is 21.2 Å². The van der Waals surface area contributed by atoms with Crippen LogP contribution >= 0.6 is 11.3 Å². The van der Waals surface area contributed by atoms with Gasteiger partial charge in [0.1, 0.15) is 0 Å². The molecular weight excluding hydrogens is 228 g/mol. The van der Waals surface area contributed by atoms with Crippen LogP contribution in [-0.2, 0) is 0 Å². The fourth-order valence-electron chi connectivity index (χ4n) is 2.61.